The number of ether oxygens (including phenoxy) is 1. The van der Waals surface area contributed by atoms with Crippen LogP contribution in [-0.2, 0) is 22.6 Å². The van der Waals surface area contributed by atoms with Crippen LogP contribution in [0.15, 0.2) is 8.94 Å². The second-order valence-electron chi connectivity index (χ2n) is 7.86. The van der Waals surface area contributed by atoms with Crippen molar-refractivity contribution in [2.45, 2.75) is 51.6 Å². The van der Waals surface area contributed by atoms with Gasteiger partial charge in [-0.1, -0.05) is 5.16 Å². The van der Waals surface area contributed by atoms with Crippen LogP contribution >= 0.6 is 0 Å². The molecule has 0 spiro atoms. The normalized spacial score (nSPS) is 17.7. The van der Waals surface area contributed by atoms with E-state index in [1.54, 1.807) is 18.9 Å². The molecule has 0 N–H and O–H groups in total. The minimum Gasteiger partial charge on any atom is -0.424 e. The molecule has 2 aliphatic heterocycles. The lowest BCUT2D eigenvalue weighted by molar-refractivity contribution is -0.129. The zero-order valence-electron chi connectivity index (χ0n) is 17.4. The number of methoxy groups -OCH3 is 1. The van der Waals surface area contributed by atoms with Gasteiger partial charge in [0.05, 0.1) is 12.2 Å². The van der Waals surface area contributed by atoms with Crippen molar-refractivity contribution < 1.29 is 23.3 Å². The van der Waals surface area contributed by atoms with Crippen molar-refractivity contribution in [3.05, 3.63) is 28.8 Å². The summed E-state index contributed by atoms with van der Waals surface area (Å²) in [6.45, 7) is 4.80. The third-order valence-corrected chi connectivity index (χ3v) is 5.85. The third kappa shape index (κ3) is 4.23. The van der Waals surface area contributed by atoms with Gasteiger partial charge in [0.2, 0.25) is 17.7 Å². The van der Waals surface area contributed by atoms with Crippen LogP contribution in [0.2, 0.25) is 0 Å². The van der Waals surface area contributed by atoms with Crippen molar-refractivity contribution in [2.24, 2.45) is 0 Å². The van der Waals surface area contributed by atoms with Gasteiger partial charge in [-0.2, -0.15) is 0 Å². The number of aryl methyl sites for hydroxylation is 1. The van der Waals surface area contributed by atoms with Gasteiger partial charge in [-0.3, -0.25) is 9.59 Å². The molecule has 2 aromatic rings. The van der Waals surface area contributed by atoms with Gasteiger partial charge in [-0.05, 0) is 32.6 Å². The first-order valence-corrected chi connectivity index (χ1v) is 10.4. The highest BCUT2D eigenvalue weighted by Crippen LogP contribution is 2.28. The van der Waals surface area contributed by atoms with Gasteiger partial charge < -0.3 is 23.5 Å². The molecule has 2 amide bonds. The maximum absolute atomic E-state index is 12.9. The van der Waals surface area contributed by atoms with E-state index in [0.29, 0.717) is 54.7 Å². The topological polar surface area (TPSA) is 115 Å². The fourth-order valence-electron chi connectivity index (χ4n) is 4.06. The van der Waals surface area contributed by atoms with Crippen LogP contribution in [0.3, 0.4) is 0 Å². The Morgan fingerprint density at radius 2 is 1.83 bits per heavy atom. The molecule has 0 aliphatic carbocycles. The molecule has 0 atom stereocenters. The lowest BCUT2D eigenvalue weighted by Crippen LogP contribution is -2.38. The molecule has 2 aliphatic rings. The number of hydrogen-bond acceptors (Lipinski definition) is 8. The maximum Gasteiger partial charge on any atom is 0.276 e. The van der Waals surface area contributed by atoms with Crippen LogP contribution in [-0.4, -0.2) is 70.3 Å². The van der Waals surface area contributed by atoms with E-state index in [-0.39, 0.29) is 30.8 Å². The van der Waals surface area contributed by atoms with E-state index in [4.69, 9.17) is 13.7 Å². The first-order valence-electron chi connectivity index (χ1n) is 10.4. The molecule has 30 heavy (non-hydrogen) atoms. The Kier molecular flexibility index (Phi) is 6.12. The Labute approximate surface area is 174 Å². The van der Waals surface area contributed by atoms with E-state index >= 15 is 0 Å². The first-order chi connectivity index (χ1) is 14.6. The smallest absolute Gasteiger partial charge is 0.276 e. The molecule has 0 aromatic carbocycles. The van der Waals surface area contributed by atoms with Crippen LogP contribution in [0.1, 0.15) is 65.2 Å². The summed E-state index contributed by atoms with van der Waals surface area (Å²) in [5.74, 6) is 1.47. The average Bonchev–Trinajstić information content (AvgIpc) is 3.50. The molecular weight excluding hydrogens is 390 g/mol. The zero-order valence-corrected chi connectivity index (χ0v) is 17.4. The second-order valence-corrected chi connectivity index (χ2v) is 7.86. The number of carbonyl (C=O) groups is 2. The SMILES string of the molecule is COCc1c(C(=O)N2CCC(c3nnc(CC(=O)N4CCCC4)o3)CC2)noc1C. The second kappa shape index (κ2) is 8.95. The van der Waals surface area contributed by atoms with E-state index in [2.05, 4.69) is 15.4 Å². The Morgan fingerprint density at radius 1 is 1.10 bits per heavy atom. The van der Waals surface area contributed by atoms with E-state index in [0.717, 1.165) is 25.9 Å². The van der Waals surface area contributed by atoms with Gasteiger partial charge in [-0.25, -0.2) is 0 Å². The van der Waals surface area contributed by atoms with Crippen molar-refractivity contribution in [1.29, 1.82) is 0 Å². The molecule has 2 saturated heterocycles. The Hall–Kier alpha value is -2.75. The van der Waals surface area contributed by atoms with Gasteiger partial charge in [0.15, 0.2) is 5.69 Å². The summed E-state index contributed by atoms with van der Waals surface area (Å²) in [4.78, 5) is 28.7. The monoisotopic (exact) mass is 417 g/mol. The highest BCUT2D eigenvalue weighted by atomic mass is 16.5. The van der Waals surface area contributed by atoms with Crippen LogP contribution in [0.25, 0.3) is 0 Å². The number of piperidine rings is 1. The Morgan fingerprint density at radius 3 is 2.53 bits per heavy atom. The summed E-state index contributed by atoms with van der Waals surface area (Å²) in [6.07, 6.45) is 3.68. The molecule has 0 unspecified atom stereocenters. The molecule has 162 valence electrons. The minimum atomic E-state index is -0.153. The lowest BCUT2D eigenvalue weighted by Gasteiger charge is -2.30. The number of likely N-dealkylation sites (tertiary alicyclic amines) is 2. The zero-order chi connectivity index (χ0) is 21.1. The summed E-state index contributed by atoms with van der Waals surface area (Å²) in [5.41, 5.74) is 1.00. The number of aromatic nitrogens is 3. The van der Waals surface area contributed by atoms with Crippen LogP contribution in [0.4, 0.5) is 0 Å². The average molecular weight is 417 g/mol. The van der Waals surface area contributed by atoms with Crippen LogP contribution < -0.4 is 0 Å². The molecule has 2 fully saturated rings. The predicted octanol–water partition coefficient (Wildman–Crippen LogP) is 1.70. The molecular formula is C20H27N5O5. The molecule has 4 heterocycles. The summed E-state index contributed by atoms with van der Waals surface area (Å²) in [7, 11) is 1.57. The van der Waals surface area contributed by atoms with Gasteiger partial charge in [0, 0.05) is 39.2 Å². The minimum absolute atomic E-state index is 0.0397. The molecule has 0 saturated carbocycles. The van der Waals surface area contributed by atoms with Gasteiger partial charge in [-0.15, -0.1) is 10.2 Å². The van der Waals surface area contributed by atoms with E-state index in [1.165, 1.54) is 0 Å². The van der Waals surface area contributed by atoms with Crippen molar-refractivity contribution in [3.63, 3.8) is 0 Å². The van der Waals surface area contributed by atoms with Gasteiger partial charge in [0.1, 0.15) is 12.2 Å². The van der Waals surface area contributed by atoms with Crippen molar-refractivity contribution >= 4 is 11.8 Å². The summed E-state index contributed by atoms with van der Waals surface area (Å²) >= 11 is 0. The molecule has 10 heteroatoms. The van der Waals surface area contributed by atoms with Gasteiger partial charge >= 0.3 is 0 Å². The largest absolute Gasteiger partial charge is 0.424 e. The fourth-order valence-corrected chi connectivity index (χ4v) is 4.06. The van der Waals surface area contributed by atoms with Crippen molar-refractivity contribution in [3.8, 4) is 0 Å². The highest BCUT2D eigenvalue weighted by molar-refractivity contribution is 5.93. The summed E-state index contributed by atoms with van der Waals surface area (Å²) < 4.78 is 16.1. The van der Waals surface area contributed by atoms with E-state index in [1.807, 2.05) is 4.90 Å². The van der Waals surface area contributed by atoms with E-state index in [9.17, 15) is 9.59 Å². The van der Waals surface area contributed by atoms with Crippen LogP contribution in [0, 0.1) is 6.92 Å². The number of hydrogen-bond donors (Lipinski definition) is 0. The maximum atomic E-state index is 12.9. The lowest BCUT2D eigenvalue weighted by atomic mass is 9.96. The highest BCUT2D eigenvalue weighted by Gasteiger charge is 2.31. The van der Waals surface area contributed by atoms with Crippen molar-refractivity contribution in [1.82, 2.24) is 25.2 Å². The van der Waals surface area contributed by atoms with Gasteiger partial charge in [0.25, 0.3) is 5.91 Å². The molecule has 10 nitrogen and oxygen atoms in total. The summed E-state index contributed by atoms with van der Waals surface area (Å²) in [5, 5.41) is 12.1. The quantitative estimate of drug-likeness (QED) is 0.697. The number of rotatable bonds is 6. The fraction of sp³-hybridized carbons (Fsp3) is 0.650. The number of nitrogens with zero attached hydrogens (tertiary/aromatic N) is 5. The van der Waals surface area contributed by atoms with Crippen molar-refractivity contribution in [2.75, 3.05) is 33.3 Å². The van der Waals surface area contributed by atoms with Crippen LogP contribution in [0.5, 0.6) is 0 Å². The summed E-state index contributed by atoms with van der Waals surface area (Å²) in [6, 6.07) is 0. The first kappa shape index (κ1) is 20.5. The third-order valence-electron chi connectivity index (χ3n) is 5.85. The molecule has 0 radical (unpaired) electrons. The molecule has 2 aromatic heterocycles. The Balaban J connectivity index is 1.33. The molecule has 0 bridgehead atoms. The predicted molar refractivity (Wildman–Crippen MR) is 104 cm³/mol. The standard InChI is InChI=1S/C20H27N5O5/c1-13-15(12-28-2)18(23-30-13)20(27)25-9-5-14(6-10-25)19-22-21-16(29-19)11-17(26)24-7-3-4-8-24/h14H,3-12H2,1-2H3. The Bertz CT molecular complexity index is 893. The van der Waals surface area contributed by atoms with E-state index < -0.39 is 0 Å². The molecule has 4 rings (SSSR count). The number of amides is 2. The number of carbonyl (C=O) groups excluding carboxylic acids is 2.